The van der Waals surface area contributed by atoms with Gasteiger partial charge >= 0.3 is 6.18 Å². The first-order valence-corrected chi connectivity index (χ1v) is 7.82. The fraction of sp³-hybridized carbons (Fsp3) is 0.278. The summed E-state index contributed by atoms with van der Waals surface area (Å²) in [6, 6.07) is 7.61. The Kier molecular flexibility index (Phi) is 4.41. The van der Waals surface area contributed by atoms with E-state index in [2.05, 4.69) is 5.32 Å². The number of alkyl halides is 3. The highest BCUT2D eigenvalue weighted by atomic mass is 19.4. The van der Waals surface area contributed by atoms with Gasteiger partial charge < -0.3 is 11.1 Å². The van der Waals surface area contributed by atoms with Crippen molar-refractivity contribution in [3.8, 4) is 0 Å². The quantitative estimate of drug-likeness (QED) is 0.628. The number of benzene rings is 2. The number of nitrogens with two attached hydrogens (primary N) is 1. The molecule has 3 N–H and O–H groups in total. The standard InChI is InChI=1S/C18H16F4N2O/c19-16-13(4-2-5-14(16)18(20,21)22)17(25)24-15-6-1-3-10-9-11(23)7-8-12(10)15/h2,4-5,7-9,15H,1,3,6,23H2,(H,24,25). The summed E-state index contributed by atoms with van der Waals surface area (Å²) in [7, 11) is 0. The minimum atomic E-state index is -4.85. The molecule has 0 saturated heterocycles. The second-order valence-electron chi connectivity index (χ2n) is 6.04. The first-order valence-electron chi connectivity index (χ1n) is 7.82. The zero-order chi connectivity index (χ0) is 18.2. The average molecular weight is 352 g/mol. The summed E-state index contributed by atoms with van der Waals surface area (Å²) in [4.78, 5) is 12.3. The third-order valence-electron chi connectivity index (χ3n) is 4.34. The first kappa shape index (κ1) is 17.3. The van der Waals surface area contributed by atoms with Crippen molar-refractivity contribution in [3.63, 3.8) is 0 Å². The van der Waals surface area contributed by atoms with E-state index in [1.165, 1.54) is 0 Å². The molecular weight excluding hydrogens is 336 g/mol. The maximum absolute atomic E-state index is 14.1. The fourth-order valence-electron chi connectivity index (χ4n) is 3.15. The Balaban J connectivity index is 1.88. The molecule has 3 rings (SSSR count). The molecule has 0 spiro atoms. The number of amides is 1. The molecule has 0 radical (unpaired) electrons. The van der Waals surface area contributed by atoms with E-state index in [1.54, 1.807) is 12.1 Å². The highest BCUT2D eigenvalue weighted by Gasteiger charge is 2.36. The summed E-state index contributed by atoms with van der Waals surface area (Å²) < 4.78 is 52.5. The molecule has 2 aromatic carbocycles. The predicted molar refractivity (Wildman–Crippen MR) is 85.4 cm³/mol. The van der Waals surface area contributed by atoms with Crippen molar-refractivity contribution in [2.45, 2.75) is 31.5 Å². The minimum absolute atomic E-state index is 0.384. The number of hydrogen-bond acceptors (Lipinski definition) is 2. The maximum atomic E-state index is 14.1. The van der Waals surface area contributed by atoms with Crippen LogP contribution in [0.1, 0.15) is 45.9 Å². The van der Waals surface area contributed by atoms with Crippen LogP contribution >= 0.6 is 0 Å². The van der Waals surface area contributed by atoms with Gasteiger partial charge in [0.25, 0.3) is 5.91 Å². The predicted octanol–water partition coefficient (Wildman–Crippen LogP) is 4.23. The Morgan fingerprint density at radius 1 is 1.20 bits per heavy atom. The van der Waals surface area contributed by atoms with Gasteiger partial charge in [0.15, 0.2) is 0 Å². The molecular formula is C18H16F4N2O. The van der Waals surface area contributed by atoms with E-state index in [4.69, 9.17) is 5.73 Å². The number of halogens is 4. The Morgan fingerprint density at radius 2 is 1.96 bits per heavy atom. The Hall–Kier alpha value is -2.57. The molecule has 1 amide bonds. The first-order chi connectivity index (χ1) is 11.8. The lowest BCUT2D eigenvalue weighted by molar-refractivity contribution is -0.140. The Labute approximate surface area is 141 Å². The number of anilines is 1. The Morgan fingerprint density at radius 3 is 2.68 bits per heavy atom. The number of fused-ring (bicyclic) bond motifs is 1. The molecule has 7 heteroatoms. The molecule has 0 aromatic heterocycles. The van der Waals surface area contributed by atoms with Crippen molar-refractivity contribution in [2.24, 2.45) is 0 Å². The summed E-state index contributed by atoms with van der Waals surface area (Å²) in [5.41, 5.74) is 6.15. The van der Waals surface area contributed by atoms with E-state index in [0.29, 0.717) is 18.2 Å². The SMILES string of the molecule is Nc1ccc2c(c1)CCCC2NC(=O)c1cccc(C(F)(F)F)c1F. The number of nitrogens with one attached hydrogen (secondary N) is 1. The van der Waals surface area contributed by atoms with Crippen molar-refractivity contribution in [1.82, 2.24) is 5.32 Å². The van der Waals surface area contributed by atoms with E-state index in [1.807, 2.05) is 6.07 Å². The lowest BCUT2D eigenvalue weighted by atomic mass is 9.87. The Bertz CT molecular complexity index is 817. The van der Waals surface area contributed by atoms with Gasteiger partial charge in [0.1, 0.15) is 5.82 Å². The van der Waals surface area contributed by atoms with Gasteiger partial charge in [-0.2, -0.15) is 13.2 Å². The van der Waals surface area contributed by atoms with E-state index >= 15 is 0 Å². The molecule has 0 fully saturated rings. The lowest BCUT2D eigenvalue weighted by Gasteiger charge is -2.27. The van der Waals surface area contributed by atoms with Crippen LogP contribution in [0.15, 0.2) is 36.4 Å². The summed E-state index contributed by atoms with van der Waals surface area (Å²) in [6.07, 6.45) is -2.62. The number of rotatable bonds is 2. The highest BCUT2D eigenvalue weighted by Crippen LogP contribution is 2.34. The molecule has 1 aliphatic carbocycles. The van der Waals surface area contributed by atoms with Gasteiger partial charge in [-0.05, 0) is 54.7 Å². The topological polar surface area (TPSA) is 55.1 Å². The van der Waals surface area contributed by atoms with Crippen LogP contribution in [-0.4, -0.2) is 5.91 Å². The maximum Gasteiger partial charge on any atom is 0.419 e. The van der Waals surface area contributed by atoms with Crippen molar-refractivity contribution in [1.29, 1.82) is 0 Å². The van der Waals surface area contributed by atoms with Crippen LogP contribution in [0.5, 0.6) is 0 Å². The minimum Gasteiger partial charge on any atom is -0.399 e. The average Bonchev–Trinajstić information content (AvgIpc) is 2.53. The van der Waals surface area contributed by atoms with Gasteiger partial charge in [-0.3, -0.25) is 4.79 Å². The van der Waals surface area contributed by atoms with Crippen LogP contribution in [0.3, 0.4) is 0 Å². The molecule has 0 bridgehead atoms. The van der Waals surface area contributed by atoms with E-state index in [9.17, 15) is 22.4 Å². The highest BCUT2D eigenvalue weighted by molar-refractivity contribution is 5.95. The van der Waals surface area contributed by atoms with E-state index in [0.717, 1.165) is 36.1 Å². The van der Waals surface area contributed by atoms with Gasteiger partial charge in [0.05, 0.1) is 17.2 Å². The fourth-order valence-corrected chi connectivity index (χ4v) is 3.15. The summed E-state index contributed by atoms with van der Waals surface area (Å²) >= 11 is 0. The zero-order valence-corrected chi connectivity index (χ0v) is 13.2. The van der Waals surface area contributed by atoms with E-state index < -0.39 is 29.0 Å². The molecule has 0 heterocycles. The molecule has 132 valence electrons. The number of carbonyl (C=O) groups is 1. The number of carbonyl (C=O) groups excluding carboxylic acids is 1. The van der Waals surface area contributed by atoms with Gasteiger partial charge in [0.2, 0.25) is 0 Å². The number of hydrogen-bond donors (Lipinski definition) is 2. The monoisotopic (exact) mass is 352 g/mol. The number of aryl methyl sites for hydroxylation is 1. The van der Waals surface area contributed by atoms with Crippen LogP contribution in [0.4, 0.5) is 23.2 Å². The van der Waals surface area contributed by atoms with Gasteiger partial charge in [0, 0.05) is 5.69 Å². The van der Waals surface area contributed by atoms with Gasteiger partial charge in [-0.1, -0.05) is 12.1 Å². The molecule has 1 aliphatic rings. The summed E-state index contributed by atoms with van der Waals surface area (Å²) in [5, 5.41) is 2.64. The summed E-state index contributed by atoms with van der Waals surface area (Å²) in [6.45, 7) is 0. The van der Waals surface area contributed by atoms with Crippen LogP contribution in [0.25, 0.3) is 0 Å². The van der Waals surface area contributed by atoms with Crippen LogP contribution in [0, 0.1) is 5.82 Å². The molecule has 0 saturated carbocycles. The van der Waals surface area contributed by atoms with Crippen LogP contribution in [0.2, 0.25) is 0 Å². The smallest absolute Gasteiger partial charge is 0.399 e. The third kappa shape index (κ3) is 3.45. The van der Waals surface area contributed by atoms with Crippen LogP contribution in [-0.2, 0) is 12.6 Å². The van der Waals surface area contributed by atoms with Crippen molar-refractivity contribution < 1.29 is 22.4 Å². The molecule has 0 aliphatic heterocycles. The van der Waals surface area contributed by atoms with E-state index in [-0.39, 0.29) is 6.04 Å². The van der Waals surface area contributed by atoms with Crippen molar-refractivity contribution >= 4 is 11.6 Å². The lowest BCUT2D eigenvalue weighted by Crippen LogP contribution is -2.32. The molecule has 25 heavy (non-hydrogen) atoms. The van der Waals surface area contributed by atoms with Crippen molar-refractivity contribution in [2.75, 3.05) is 5.73 Å². The molecule has 3 nitrogen and oxygen atoms in total. The van der Waals surface area contributed by atoms with Crippen molar-refractivity contribution in [3.05, 3.63) is 64.5 Å². The zero-order valence-electron chi connectivity index (χ0n) is 13.2. The molecule has 1 unspecified atom stereocenters. The van der Waals surface area contributed by atoms with Crippen LogP contribution < -0.4 is 11.1 Å². The van der Waals surface area contributed by atoms with Gasteiger partial charge in [-0.25, -0.2) is 4.39 Å². The summed E-state index contributed by atoms with van der Waals surface area (Å²) in [5.74, 6) is -2.42. The second kappa shape index (κ2) is 6.38. The second-order valence-corrected chi connectivity index (χ2v) is 6.04. The number of nitrogen functional groups attached to an aromatic ring is 1. The van der Waals surface area contributed by atoms with Gasteiger partial charge in [-0.15, -0.1) is 0 Å². The largest absolute Gasteiger partial charge is 0.419 e. The molecule has 2 aromatic rings. The molecule has 1 atom stereocenters. The third-order valence-corrected chi connectivity index (χ3v) is 4.34. The normalized spacial score (nSPS) is 17.0.